The van der Waals surface area contributed by atoms with Crippen LogP contribution in [0.3, 0.4) is 0 Å². The van der Waals surface area contributed by atoms with E-state index in [9.17, 15) is 19.1 Å². The van der Waals surface area contributed by atoms with Gasteiger partial charge in [-0.25, -0.2) is 4.39 Å². The van der Waals surface area contributed by atoms with Crippen LogP contribution in [0.1, 0.15) is 22.3 Å². The van der Waals surface area contributed by atoms with Crippen LogP contribution < -0.4 is 5.32 Å². The average molecular weight is 333 g/mol. The topological polar surface area (TPSA) is 86.6 Å². The summed E-state index contributed by atoms with van der Waals surface area (Å²) in [6, 6.07) is 2.54. The standard InChI is InChI=1S/C13H16FNO4S2/c1-8-2-3-9(14)12(18)11(8)13(19)15-5-7-21-20-6-4-10(16)17/h2-3,18H,4-7H2,1H3,(H,15,19)(H,16,17). The Hall–Kier alpha value is -1.41. The summed E-state index contributed by atoms with van der Waals surface area (Å²) in [5.41, 5.74) is 0.438. The van der Waals surface area contributed by atoms with E-state index in [0.717, 1.165) is 6.07 Å². The predicted molar refractivity (Wildman–Crippen MR) is 82.3 cm³/mol. The molecule has 0 saturated carbocycles. The van der Waals surface area contributed by atoms with Crippen molar-refractivity contribution in [3.8, 4) is 5.75 Å². The Bertz CT molecular complexity index is 525. The number of halogens is 1. The van der Waals surface area contributed by atoms with Gasteiger partial charge in [-0.2, -0.15) is 0 Å². The number of rotatable bonds is 8. The lowest BCUT2D eigenvalue weighted by molar-refractivity contribution is -0.136. The molecule has 0 bridgehead atoms. The number of amides is 1. The third kappa shape index (κ3) is 5.84. The highest BCUT2D eigenvalue weighted by molar-refractivity contribution is 8.76. The smallest absolute Gasteiger partial charge is 0.304 e. The molecule has 0 atom stereocenters. The van der Waals surface area contributed by atoms with Crippen molar-refractivity contribution in [2.75, 3.05) is 18.1 Å². The monoisotopic (exact) mass is 333 g/mol. The van der Waals surface area contributed by atoms with Crippen molar-refractivity contribution in [1.29, 1.82) is 0 Å². The number of nitrogens with one attached hydrogen (secondary N) is 1. The summed E-state index contributed by atoms with van der Waals surface area (Å²) >= 11 is 0. The van der Waals surface area contributed by atoms with Gasteiger partial charge in [0, 0.05) is 18.1 Å². The first-order chi connectivity index (χ1) is 9.93. The molecule has 1 aromatic rings. The number of aromatic hydroxyl groups is 1. The molecular weight excluding hydrogens is 317 g/mol. The molecule has 0 radical (unpaired) electrons. The Labute approximate surface area is 129 Å². The molecule has 0 aliphatic rings. The number of hydrogen-bond donors (Lipinski definition) is 3. The van der Waals surface area contributed by atoms with Gasteiger partial charge in [0.1, 0.15) is 0 Å². The number of phenols is 1. The molecule has 0 unspecified atom stereocenters. The number of carboxylic acids is 1. The van der Waals surface area contributed by atoms with Crippen LogP contribution in [-0.4, -0.2) is 40.1 Å². The minimum atomic E-state index is -0.839. The van der Waals surface area contributed by atoms with E-state index in [4.69, 9.17) is 5.11 Å². The molecule has 0 aliphatic heterocycles. The number of carbonyl (C=O) groups excluding carboxylic acids is 1. The van der Waals surface area contributed by atoms with Crippen LogP contribution in [0.2, 0.25) is 0 Å². The van der Waals surface area contributed by atoms with E-state index in [-0.39, 0.29) is 12.0 Å². The Morgan fingerprint density at radius 3 is 2.62 bits per heavy atom. The zero-order valence-corrected chi connectivity index (χ0v) is 13.0. The van der Waals surface area contributed by atoms with Crippen molar-refractivity contribution in [2.24, 2.45) is 0 Å². The Balaban J connectivity index is 2.35. The minimum Gasteiger partial charge on any atom is -0.504 e. The van der Waals surface area contributed by atoms with E-state index in [2.05, 4.69) is 5.32 Å². The third-order valence-corrected chi connectivity index (χ3v) is 4.93. The number of carbonyl (C=O) groups is 2. The lowest BCUT2D eigenvalue weighted by atomic mass is 10.1. The van der Waals surface area contributed by atoms with E-state index in [1.54, 1.807) is 6.92 Å². The van der Waals surface area contributed by atoms with Crippen molar-refractivity contribution < 1.29 is 24.2 Å². The maximum atomic E-state index is 13.2. The number of phenolic OH excluding ortho intramolecular Hbond substituents is 1. The van der Waals surface area contributed by atoms with Gasteiger partial charge in [0.15, 0.2) is 11.6 Å². The predicted octanol–water partition coefficient (Wildman–Crippen LogP) is 2.43. The van der Waals surface area contributed by atoms with Gasteiger partial charge in [0.25, 0.3) is 5.91 Å². The summed E-state index contributed by atoms with van der Waals surface area (Å²) in [5.74, 6) is -1.75. The molecule has 0 fully saturated rings. The molecule has 0 aliphatic carbocycles. The lowest BCUT2D eigenvalue weighted by Gasteiger charge is -2.09. The molecule has 116 valence electrons. The van der Waals surface area contributed by atoms with Crippen molar-refractivity contribution in [3.63, 3.8) is 0 Å². The van der Waals surface area contributed by atoms with E-state index in [1.807, 2.05) is 0 Å². The van der Waals surface area contributed by atoms with Gasteiger partial charge in [0.2, 0.25) is 0 Å². The normalized spacial score (nSPS) is 10.4. The highest BCUT2D eigenvalue weighted by atomic mass is 33.1. The number of aliphatic carboxylic acids is 1. The molecule has 1 amide bonds. The molecule has 8 heteroatoms. The van der Waals surface area contributed by atoms with Gasteiger partial charge in [0.05, 0.1) is 12.0 Å². The highest BCUT2D eigenvalue weighted by Gasteiger charge is 2.17. The largest absolute Gasteiger partial charge is 0.504 e. The van der Waals surface area contributed by atoms with Gasteiger partial charge in [-0.3, -0.25) is 9.59 Å². The molecule has 0 heterocycles. The van der Waals surface area contributed by atoms with E-state index < -0.39 is 23.4 Å². The fraction of sp³-hybridized carbons (Fsp3) is 0.385. The third-order valence-electron chi connectivity index (χ3n) is 2.52. The van der Waals surface area contributed by atoms with E-state index >= 15 is 0 Å². The Kier molecular flexibility index (Phi) is 7.38. The van der Waals surface area contributed by atoms with Gasteiger partial charge in [-0.05, 0) is 18.6 Å². The molecule has 3 N–H and O–H groups in total. The summed E-state index contributed by atoms with van der Waals surface area (Å²) in [6.45, 7) is 1.96. The average Bonchev–Trinajstić information content (AvgIpc) is 2.42. The summed E-state index contributed by atoms with van der Waals surface area (Å²) in [5, 5.41) is 20.6. The second kappa shape index (κ2) is 8.78. The summed E-state index contributed by atoms with van der Waals surface area (Å²) in [7, 11) is 2.86. The number of hydrogen-bond acceptors (Lipinski definition) is 5. The number of carboxylic acid groups (broad SMARTS) is 1. The van der Waals surface area contributed by atoms with Crippen molar-refractivity contribution in [1.82, 2.24) is 5.32 Å². The van der Waals surface area contributed by atoms with Crippen LogP contribution in [0, 0.1) is 12.7 Å². The molecular formula is C13H16FNO4S2. The summed E-state index contributed by atoms with van der Waals surface area (Å²) in [6.07, 6.45) is 0.0976. The molecule has 0 aromatic heterocycles. The SMILES string of the molecule is Cc1ccc(F)c(O)c1C(=O)NCCSSCCC(=O)O. The van der Waals surface area contributed by atoms with Crippen LogP contribution in [0.15, 0.2) is 12.1 Å². The maximum absolute atomic E-state index is 13.2. The van der Waals surface area contributed by atoms with Crippen molar-refractivity contribution in [2.45, 2.75) is 13.3 Å². The number of benzene rings is 1. The number of aryl methyl sites for hydroxylation is 1. The zero-order valence-electron chi connectivity index (χ0n) is 11.4. The van der Waals surface area contributed by atoms with Crippen molar-refractivity contribution in [3.05, 3.63) is 29.1 Å². The van der Waals surface area contributed by atoms with Gasteiger partial charge >= 0.3 is 5.97 Å². The van der Waals surface area contributed by atoms with Crippen LogP contribution in [0.4, 0.5) is 4.39 Å². The second-order valence-electron chi connectivity index (χ2n) is 4.13. The molecule has 0 spiro atoms. The molecule has 0 saturated heterocycles. The fourth-order valence-corrected chi connectivity index (χ4v) is 3.38. The molecule has 1 rings (SSSR count). The first-order valence-electron chi connectivity index (χ1n) is 6.16. The highest BCUT2D eigenvalue weighted by Crippen LogP contribution is 2.24. The van der Waals surface area contributed by atoms with Gasteiger partial charge < -0.3 is 15.5 Å². The molecule has 5 nitrogen and oxygen atoms in total. The minimum absolute atomic E-state index is 0.0569. The van der Waals surface area contributed by atoms with Crippen LogP contribution >= 0.6 is 21.6 Å². The summed E-state index contributed by atoms with van der Waals surface area (Å²) in [4.78, 5) is 22.2. The zero-order chi connectivity index (χ0) is 15.8. The Morgan fingerprint density at radius 1 is 1.29 bits per heavy atom. The quantitative estimate of drug-likeness (QED) is 0.500. The van der Waals surface area contributed by atoms with Crippen LogP contribution in [-0.2, 0) is 4.79 Å². The summed E-state index contributed by atoms with van der Waals surface area (Å²) < 4.78 is 13.2. The Morgan fingerprint density at radius 2 is 1.95 bits per heavy atom. The lowest BCUT2D eigenvalue weighted by Crippen LogP contribution is -2.26. The fourth-order valence-electron chi connectivity index (χ4n) is 1.49. The van der Waals surface area contributed by atoms with E-state index in [1.165, 1.54) is 27.7 Å². The van der Waals surface area contributed by atoms with Gasteiger partial charge in [-0.15, -0.1) is 0 Å². The molecule has 1 aromatic carbocycles. The molecule has 21 heavy (non-hydrogen) atoms. The van der Waals surface area contributed by atoms with Crippen molar-refractivity contribution >= 4 is 33.5 Å². The maximum Gasteiger partial charge on any atom is 0.304 e. The van der Waals surface area contributed by atoms with Gasteiger partial charge in [-0.1, -0.05) is 27.7 Å². The second-order valence-corrected chi connectivity index (χ2v) is 6.83. The van der Waals surface area contributed by atoms with Crippen LogP contribution in [0.5, 0.6) is 5.75 Å². The van der Waals surface area contributed by atoms with E-state index in [0.29, 0.717) is 23.6 Å². The first-order valence-corrected chi connectivity index (χ1v) is 8.64. The van der Waals surface area contributed by atoms with Crippen LogP contribution in [0.25, 0.3) is 0 Å². The first kappa shape index (κ1) is 17.6.